The Bertz CT molecular complexity index is 513. The van der Waals surface area contributed by atoms with E-state index in [0.29, 0.717) is 0 Å². The first kappa shape index (κ1) is 15.8. The molecule has 0 unspecified atom stereocenters. The number of allylic oxidation sites excluding steroid dienone is 1. The van der Waals surface area contributed by atoms with Crippen LogP contribution >= 0.6 is 0 Å². The molecule has 1 aromatic rings. The normalized spacial score (nSPS) is 10.8. The molecule has 1 rings (SSSR count). The highest BCUT2D eigenvalue weighted by Gasteiger charge is 2.18. The van der Waals surface area contributed by atoms with Crippen LogP contribution in [0.2, 0.25) is 0 Å². The minimum atomic E-state index is -2.65. The van der Waals surface area contributed by atoms with Crippen molar-refractivity contribution in [2.24, 2.45) is 0 Å². The third-order valence-electron chi connectivity index (χ3n) is 2.24. The lowest BCUT2D eigenvalue weighted by Gasteiger charge is -2.09. The van der Waals surface area contributed by atoms with Crippen LogP contribution < -0.4 is 4.74 Å². The van der Waals surface area contributed by atoms with Crippen LogP contribution in [-0.2, 0) is 4.79 Å². The van der Waals surface area contributed by atoms with Crippen molar-refractivity contribution in [1.82, 2.24) is 4.90 Å². The zero-order valence-electron chi connectivity index (χ0n) is 11.2. The molecule has 0 heterocycles. The highest BCUT2D eigenvalue weighted by molar-refractivity contribution is 6.47. The van der Waals surface area contributed by atoms with Gasteiger partial charge in [0.15, 0.2) is 0 Å². The second kappa shape index (κ2) is 7.37. The summed E-state index contributed by atoms with van der Waals surface area (Å²) in [5, 5.41) is 0. The average molecular weight is 283 g/mol. The molecule has 0 saturated carbocycles. The van der Waals surface area contributed by atoms with Gasteiger partial charge in [0.1, 0.15) is 12.4 Å². The summed E-state index contributed by atoms with van der Waals surface area (Å²) in [6, 6.07) is 5.81. The first-order chi connectivity index (χ1) is 9.41. The molecule has 4 nitrogen and oxygen atoms in total. The van der Waals surface area contributed by atoms with Gasteiger partial charge in [0, 0.05) is 26.4 Å². The summed E-state index contributed by atoms with van der Waals surface area (Å²) in [6.45, 7) is -0.827. The molecule has 0 aliphatic rings. The maximum absolute atomic E-state index is 12.1. The number of benzene rings is 1. The van der Waals surface area contributed by atoms with Crippen LogP contribution in [0.1, 0.15) is 10.4 Å². The lowest BCUT2D eigenvalue weighted by atomic mass is 10.1. The molecule has 0 bridgehead atoms. The quantitative estimate of drug-likeness (QED) is 0.437. The van der Waals surface area contributed by atoms with Gasteiger partial charge in [0.2, 0.25) is 11.6 Å². The zero-order valence-corrected chi connectivity index (χ0v) is 11.2. The highest BCUT2D eigenvalue weighted by Crippen LogP contribution is 2.19. The summed E-state index contributed by atoms with van der Waals surface area (Å²) < 4.78 is 29.1. The standard InChI is InChI=1S/C14H15F2NO3/c1-17(2)8-7-11(18)14(19)10-5-3-4-6-12(10)20-9-13(15)16/h3-8,13H,9H2,1-2H3/b8-7+. The third-order valence-corrected chi connectivity index (χ3v) is 2.24. The van der Waals surface area contributed by atoms with Gasteiger partial charge in [-0.1, -0.05) is 12.1 Å². The summed E-state index contributed by atoms with van der Waals surface area (Å²) in [5.74, 6) is -1.57. The van der Waals surface area contributed by atoms with Crippen molar-refractivity contribution >= 4 is 11.6 Å². The SMILES string of the molecule is CN(C)/C=C/C(=O)C(=O)c1ccccc1OCC(F)F. The number of nitrogens with zero attached hydrogens (tertiary/aromatic N) is 1. The number of para-hydroxylation sites is 1. The molecular weight excluding hydrogens is 268 g/mol. The predicted octanol–water partition coefficient (Wildman–Crippen LogP) is 2.16. The number of Topliss-reactive ketones (excluding diaryl/α,β-unsaturated/α-hetero) is 1. The predicted molar refractivity (Wildman–Crippen MR) is 70.1 cm³/mol. The minimum Gasteiger partial charge on any atom is -0.487 e. The first-order valence-electron chi connectivity index (χ1n) is 5.85. The van der Waals surface area contributed by atoms with Gasteiger partial charge < -0.3 is 9.64 Å². The molecule has 20 heavy (non-hydrogen) atoms. The molecular formula is C14H15F2NO3. The van der Waals surface area contributed by atoms with E-state index in [4.69, 9.17) is 4.74 Å². The van der Waals surface area contributed by atoms with Crippen molar-refractivity contribution in [3.63, 3.8) is 0 Å². The second-order valence-electron chi connectivity index (χ2n) is 4.17. The Morgan fingerprint density at radius 3 is 2.55 bits per heavy atom. The zero-order chi connectivity index (χ0) is 15.1. The van der Waals surface area contributed by atoms with Crippen LogP contribution in [0.25, 0.3) is 0 Å². The molecule has 6 heteroatoms. The number of halogens is 2. The van der Waals surface area contributed by atoms with Crippen molar-refractivity contribution in [2.75, 3.05) is 20.7 Å². The summed E-state index contributed by atoms with van der Waals surface area (Å²) in [6.07, 6.45) is -0.0998. The van der Waals surface area contributed by atoms with Gasteiger partial charge in [-0.15, -0.1) is 0 Å². The van der Waals surface area contributed by atoms with Gasteiger partial charge in [-0.3, -0.25) is 9.59 Å². The van der Waals surface area contributed by atoms with E-state index in [1.807, 2.05) is 0 Å². The van der Waals surface area contributed by atoms with Crippen molar-refractivity contribution in [3.05, 3.63) is 42.1 Å². The van der Waals surface area contributed by atoms with E-state index < -0.39 is 24.6 Å². The van der Waals surface area contributed by atoms with Gasteiger partial charge in [-0.05, 0) is 12.1 Å². The van der Waals surface area contributed by atoms with Crippen LogP contribution in [0, 0.1) is 0 Å². The molecule has 0 atom stereocenters. The molecule has 0 N–H and O–H groups in total. The Labute approximate surface area is 115 Å². The van der Waals surface area contributed by atoms with Crippen molar-refractivity contribution in [3.8, 4) is 5.75 Å². The van der Waals surface area contributed by atoms with Gasteiger partial charge in [-0.25, -0.2) is 8.78 Å². The summed E-state index contributed by atoms with van der Waals surface area (Å²) >= 11 is 0. The van der Waals surface area contributed by atoms with Crippen molar-refractivity contribution in [1.29, 1.82) is 0 Å². The molecule has 0 radical (unpaired) electrons. The number of hydrogen-bond acceptors (Lipinski definition) is 4. The smallest absolute Gasteiger partial charge is 0.272 e. The van der Waals surface area contributed by atoms with Crippen LogP contribution in [0.3, 0.4) is 0 Å². The van der Waals surface area contributed by atoms with Gasteiger partial charge >= 0.3 is 0 Å². The fourth-order valence-corrected chi connectivity index (χ4v) is 1.36. The molecule has 0 aromatic heterocycles. The number of ether oxygens (including phenoxy) is 1. The maximum atomic E-state index is 12.1. The molecule has 0 fully saturated rings. The fraction of sp³-hybridized carbons (Fsp3) is 0.286. The topological polar surface area (TPSA) is 46.6 Å². The van der Waals surface area contributed by atoms with E-state index in [9.17, 15) is 18.4 Å². The van der Waals surface area contributed by atoms with Gasteiger partial charge in [-0.2, -0.15) is 0 Å². The summed E-state index contributed by atoms with van der Waals surface area (Å²) in [5.41, 5.74) is -0.0263. The van der Waals surface area contributed by atoms with E-state index in [0.717, 1.165) is 6.08 Å². The highest BCUT2D eigenvalue weighted by atomic mass is 19.3. The number of hydrogen-bond donors (Lipinski definition) is 0. The molecule has 108 valence electrons. The van der Waals surface area contributed by atoms with Crippen LogP contribution in [-0.4, -0.2) is 43.6 Å². The average Bonchev–Trinajstić information content (AvgIpc) is 2.41. The van der Waals surface area contributed by atoms with E-state index in [1.54, 1.807) is 19.0 Å². The maximum Gasteiger partial charge on any atom is 0.272 e. The fourth-order valence-electron chi connectivity index (χ4n) is 1.36. The van der Waals surface area contributed by atoms with Crippen molar-refractivity contribution in [2.45, 2.75) is 6.43 Å². The lowest BCUT2D eigenvalue weighted by molar-refractivity contribution is -0.111. The number of carbonyl (C=O) groups excluding carboxylic acids is 2. The van der Waals surface area contributed by atoms with E-state index in [2.05, 4.69) is 0 Å². The number of ketones is 2. The Morgan fingerprint density at radius 2 is 1.95 bits per heavy atom. The molecule has 0 aliphatic heterocycles. The van der Waals surface area contributed by atoms with Crippen LogP contribution in [0.5, 0.6) is 5.75 Å². The molecule has 0 amide bonds. The molecule has 1 aromatic carbocycles. The Hall–Kier alpha value is -2.24. The minimum absolute atomic E-state index is 0.0237. The Kier molecular flexibility index (Phi) is 5.83. The van der Waals surface area contributed by atoms with Crippen LogP contribution in [0.15, 0.2) is 36.5 Å². The monoisotopic (exact) mass is 283 g/mol. The number of rotatable bonds is 7. The van der Waals surface area contributed by atoms with Crippen molar-refractivity contribution < 1.29 is 23.1 Å². The van der Waals surface area contributed by atoms with Gasteiger partial charge in [0.05, 0.1) is 5.56 Å². The summed E-state index contributed by atoms with van der Waals surface area (Å²) in [7, 11) is 3.40. The van der Waals surface area contributed by atoms with E-state index >= 15 is 0 Å². The lowest BCUT2D eigenvalue weighted by Crippen LogP contribution is -2.16. The van der Waals surface area contributed by atoms with Crippen LogP contribution in [0.4, 0.5) is 8.78 Å². The third kappa shape index (κ3) is 4.79. The summed E-state index contributed by atoms with van der Waals surface area (Å²) in [4.78, 5) is 25.2. The first-order valence-corrected chi connectivity index (χ1v) is 5.85. The van der Waals surface area contributed by atoms with Gasteiger partial charge in [0.25, 0.3) is 6.43 Å². The molecule has 0 aliphatic carbocycles. The second-order valence-corrected chi connectivity index (χ2v) is 4.17. The number of alkyl halides is 2. The Morgan fingerprint density at radius 1 is 1.30 bits per heavy atom. The molecule has 0 spiro atoms. The van der Waals surface area contributed by atoms with E-state index in [1.165, 1.54) is 30.5 Å². The largest absolute Gasteiger partial charge is 0.487 e. The molecule has 0 saturated heterocycles. The Balaban J connectivity index is 2.89. The van der Waals surface area contributed by atoms with E-state index in [-0.39, 0.29) is 11.3 Å². The number of carbonyl (C=O) groups is 2.